The first-order valence-corrected chi connectivity index (χ1v) is 6.70. The third-order valence-electron chi connectivity index (χ3n) is 2.43. The molecule has 0 spiro atoms. The van der Waals surface area contributed by atoms with Crippen molar-refractivity contribution < 1.29 is 0 Å². The lowest BCUT2D eigenvalue weighted by Gasteiger charge is -2.18. The van der Waals surface area contributed by atoms with Crippen molar-refractivity contribution in [1.82, 2.24) is 10.4 Å². The Morgan fingerprint density at radius 2 is 2.00 bits per heavy atom. The monoisotopic (exact) mass is 266 g/mol. The van der Waals surface area contributed by atoms with Gasteiger partial charge in [-0.25, -0.2) is 5.01 Å². The first-order valence-electron chi connectivity index (χ1n) is 6.26. The van der Waals surface area contributed by atoms with Crippen molar-refractivity contribution in [2.24, 2.45) is 0 Å². The van der Waals surface area contributed by atoms with E-state index >= 15 is 0 Å². The molecule has 0 heterocycles. The number of hydrazine groups is 1. The van der Waals surface area contributed by atoms with Gasteiger partial charge in [0.05, 0.1) is 0 Å². The maximum atomic E-state index is 4.54. The normalized spacial score (nSPS) is 14.1. The SMILES string of the molecule is C=C(CC(=C(C)/C=C\CC)/C(S)=C\C)NN(C)C. The lowest BCUT2D eigenvalue weighted by Crippen LogP contribution is -2.29. The predicted molar refractivity (Wildman–Crippen MR) is 85.5 cm³/mol. The molecule has 0 aromatic heterocycles. The van der Waals surface area contributed by atoms with Crippen molar-refractivity contribution in [1.29, 1.82) is 0 Å². The Bertz CT molecular complexity index is 363. The minimum Gasteiger partial charge on any atom is -0.324 e. The van der Waals surface area contributed by atoms with E-state index in [0.717, 1.165) is 23.4 Å². The van der Waals surface area contributed by atoms with Crippen LogP contribution in [0.2, 0.25) is 0 Å². The van der Waals surface area contributed by atoms with Crippen LogP contribution in [0.4, 0.5) is 0 Å². The highest BCUT2D eigenvalue weighted by atomic mass is 32.1. The Labute approximate surface area is 118 Å². The van der Waals surface area contributed by atoms with E-state index in [9.17, 15) is 0 Å². The Kier molecular flexibility index (Phi) is 8.59. The molecule has 0 aliphatic heterocycles. The molecule has 0 atom stereocenters. The summed E-state index contributed by atoms with van der Waals surface area (Å²) in [7, 11) is 3.91. The molecule has 2 nitrogen and oxygen atoms in total. The molecular formula is C15H26N2S. The van der Waals surface area contributed by atoms with E-state index in [1.807, 2.05) is 32.1 Å². The first-order chi connectivity index (χ1) is 8.42. The number of hydrogen-bond acceptors (Lipinski definition) is 3. The van der Waals surface area contributed by atoms with Crippen molar-refractivity contribution >= 4 is 12.6 Å². The second kappa shape index (κ2) is 9.06. The summed E-state index contributed by atoms with van der Waals surface area (Å²) in [5.41, 5.74) is 6.60. The average Bonchev–Trinajstić information content (AvgIpc) is 2.31. The Morgan fingerprint density at radius 3 is 2.44 bits per heavy atom. The molecular weight excluding hydrogens is 240 g/mol. The van der Waals surface area contributed by atoms with Gasteiger partial charge in [-0.2, -0.15) is 0 Å². The van der Waals surface area contributed by atoms with Crippen LogP contribution in [-0.4, -0.2) is 19.1 Å². The van der Waals surface area contributed by atoms with Gasteiger partial charge < -0.3 is 5.43 Å². The quantitative estimate of drug-likeness (QED) is 0.410. The van der Waals surface area contributed by atoms with Gasteiger partial charge in [-0.3, -0.25) is 0 Å². The Hall–Kier alpha value is -0.930. The molecule has 0 bridgehead atoms. The molecule has 0 amide bonds. The zero-order valence-corrected chi connectivity index (χ0v) is 13.1. The van der Waals surface area contributed by atoms with Crippen LogP contribution in [0.15, 0.2) is 46.6 Å². The number of hydrogen-bond donors (Lipinski definition) is 2. The molecule has 1 N–H and O–H groups in total. The summed E-state index contributed by atoms with van der Waals surface area (Å²) >= 11 is 4.54. The molecule has 0 fully saturated rings. The molecule has 0 aromatic rings. The summed E-state index contributed by atoms with van der Waals surface area (Å²) in [6, 6.07) is 0. The topological polar surface area (TPSA) is 15.3 Å². The van der Waals surface area contributed by atoms with Crippen molar-refractivity contribution in [3.05, 3.63) is 46.6 Å². The molecule has 0 unspecified atom stereocenters. The summed E-state index contributed by atoms with van der Waals surface area (Å²) < 4.78 is 0. The molecule has 0 rings (SSSR count). The van der Waals surface area contributed by atoms with Crippen molar-refractivity contribution in [2.45, 2.75) is 33.6 Å². The lowest BCUT2D eigenvalue weighted by atomic mass is 10.0. The van der Waals surface area contributed by atoms with E-state index < -0.39 is 0 Å². The van der Waals surface area contributed by atoms with Gasteiger partial charge in [0, 0.05) is 31.1 Å². The second-order valence-corrected chi connectivity index (χ2v) is 4.91. The van der Waals surface area contributed by atoms with Gasteiger partial charge in [-0.15, -0.1) is 12.6 Å². The molecule has 18 heavy (non-hydrogen) atoms. The van der Waals surface area contributed by atoms with E-state index in [1.54, 1.807) is 0 Å². The van der Waals surface area contributed by atoms with Crippen LogP contribution in [-0.2, 0) is 0 Å². The van der Waals surface area contributed by atoms with Gasteiger partial charge in [0.2, 0.25) is 0 Å². The van der Waals surface area contributed by atoms with E-state index in [0.29, 0.717) is 0 Å². The van der Waals surface area contributed by atoms with Crippen LogP contribution in [0, 0.1) is 0 Å². The van der Waals surface area contributed by atoms with Crippen LogP contribution in [0.25, 0.3) is 0 Å². The van der Waals surface area contributed by atoms with E-state index in [4.69, 9.17) is 0 Å². The zero-order chi connectivity index (χ0) is 14.1. The fraction of sp³-hybridized carbons (Fsp3) is 0.467. The number of thiol groups is 1. The third-order valence-corrected chi connectivity index (χ3v) is 2.96. The highest BCUT2D eigenvalue weighted by molar-refractivity contribution is 7.84. The molecule has 0 aliphatic rings. The molecule has 0 aromatic carbocycles. The number of nitrogens with zero attached hydrogens (tertiary/aromatic N) is 1. The smallest absolute Gasteiger partial charge is 0.0236 e. The fourth-order valence-electron chi connectivity index (χ4n) is 1.57. The van der Waals surface area contributed by atoms with Gasteiger partial charge >= 0.3 is 0 Å². The summed E-state index contributed by atoms with van der Waals surface area (Å²) in [6.07, 6.45) is 8.15. The van der Waals surface area contributed by atoms with Crippen LogP contribution < -0.4 is 5.43 Å². The van der Waals surface area contributed by atoms with Gasteiger partial charge in [-0.05, 0) is 31.4 Å². The summed E-state index contributed by atoms with van der Waals surface area (Å²) in [5, 5.41) is 1.89. The third kappa shape index (κ3) is 6.72. The van der Waals surface area contributed by atoms with Gasteiger partial charge in [0.1, 0.15) is 0 Å². The minimum atomic E-state index is 0.779. The zero-order valence-electron chi connectivity index (χ0n) is 12.2. The van der Waals surface area contributed by atoms with Crippen molar-refractivity contribution in [3.63, 3.8) is 0 Å². The van der Waals surface area contributed by atoms with Crippen LogP contribution in [0.5, 0.6) is 0 Å². The fourth-order valence-corrected chi connectivity index (χ4v) is 1.83. The largest absolute Gasteiger partial charge is 0.324 e. The Balaban J connectivity index is 5.03. The molecule has 0 radical (unpaired) electrons. The number of rotatable bonds is 7. The maximum Gasteiger partial charge on any atom is 0.0236 e. The van der Waals surface area contributed by atoms with Gasteiger partial charge in [0.15, 0.2) is 0 Å². The summed E-state index contributed by atoms with van der Waals surface area (Å²) in [4.78, 5) is 1.01. The summed E-state index contributed by atoms with van der Waals surface area (Å²) in [5.74, 6) is 0. The summed E-state index contributed by atoms with van der Waals surface area (Å²) in [6.45, 7) is 10.3. The van der Waals surface area contributed by atoms with Crippen molar-refractivity contribution in [2.75, 3.05) is 14.1 Å². The average molecular weight is 266 g/mol. The van der Waals surface area contributed by atoms with E-state index in [1.165, 1.54) is 11.1 Å². The number of nitrogens with one attached hydrogen (secondary N) is 1. The molecule has 3 heteroatoms. The molecule has 0 saturated heterocycles. The van der Waals surface area contributed by atoms with E-state index in [2.05, 4.69) is 50.6 Å². The van der Waals surface area contributed by atoms with Gasteiger partial charge in [0.25, 0.3) is 0 Å². The predicted octanol–water partition coefficient (Wildman–Crippen LogP) is 4.07. The van der Waals surface area contributed by atoms with Crippen molar-refractivity contribution in [3.8, 4) is 0 Å². The van der Waals surface area contributed by atoms with Crippen LogP contribution >= 0.6 is 12.6 Å². The first kappa shape index (κ1) is 17.1. The highest BCUT2D eigenvalue weighted by Gasteiger charge is 2.06. The standard InChI is InChI=1S/C15H26N2S/c1-7-9-10-12(3)14(15(18)8-2)11-13(4)16-17(5)6/h8-10,16,18H,4,7,11H2,1-3,5-6H3/b10-9-,14-12-,15-8+. The molecule has 0 aliphatic carbocycles. The van der Waals surface area contributed by atoms with E-state index in [-0.39, 0.29) is 0 Å². The Morgan fingerprint density at radius 1 is 1.39 bits per heavy atom. The second-order valence-electron chi connectivity index (χ2n) is 4.43. The minimum absolute atomic E-state index is 0.779. The van der Waals surface area contributed by atoms with Crippen LogP contribution in [0.1, 0.15) is 33.6 Å². The van der Waals surface area contributed by atoms with Crippen LogP contribution in [0.3, 0.4) is 0 Å². The maximum absolute atomic E-state index is 4.54. The number of allylic oxidation sites excluding steroid dienone is 6. The lowest BCUT2D eigenvalue weighted by molar-refractivity contribution is 0.325. The molecule has 102 valence electrons. The highest BCUT2D eigenvalue weighted by Crippen LogP contribution is 2.25. The van der Waals surface area contributed by atoms with Gasteiger partial charge in [-0.1, -0.05) is 31.7 Å². The molecule has 0 saturated carbocycles.